The summed E-state index contributed by atoms with van der Waals surface area (Å²) in [5, 5.41) is 5.28. The minimum absolute atomic E-state index is 0.0640. The molecule has 1 atom stereocenters. The molecule has 3 aromatic rings. The van der Waals surface area contributed by atoms with Crippen LogP contribution in [0.4, 0.5) is 5.13 Å². The predicted molar refractivity (Wildman–Crippen MR) is 103 cm³/mol. The first-order chi connectivity index (χ1) is 12.6. The highest BCUT2D eigenvalue weighted by Gasteiger charge is 2.21. The molecule has 26 heavy (non-hydrogen) atoms. The Morgan fingerprint density at radius 3 is 2.73 bits per heavy atom. The van der Waals surface area contributed by atoms with Gasteiger partial charge in [-0.15, -0.1) is 11.3 Å². The number of amides is 2. The highest BCUT2D eigenvalue weighted by atomic mass is 32.1. The summed E-state index contributed by atoms with van der Waals surface area (Å²) in [5.74, 6) is -0.793. The summed E-state index contributed by atoms with van der Waals surface area (Å²) in [5.41, 5.74) is 8.01. The lowest BCUT2D eigenvalue weighted by Gasteiger charge is -2.15. The molecule has 2 aromatic heterocycles. The molecule has 0 saturated carbocycles. The van der Waals surface area contributed by atoms with Gasteiger partial charge in [0.05, 0.1) is 11.6 Å². The molecule has 134 valence electrons. The van der Waals surface area contributed by atoms with Gasteiger partial charge in [0.1, 0.15) is 5.69 Å². The van der Waals surface area contributed by atoms with Crippen molar-refractivity contribution in [2.75, 3.05) is 5.32 Å². The molecule has 2 amide bonds. The largest absolute Gasteiger partial charge is 0.364 e. The van der Waals surface area contributed by atoms with Crippen molar-refractivity contribution in [2.45, 2.75) is 25.7 Å². The Labute approximate surface area is 155 Å². The topological polar surface area (TPSA) is 101 Å². The zero-order valence-corrected chi connectivity index (χ0v) is 15.2. The number of H-pyrrole nitrogens is 1. The number of hydrogen-bond donors (Lipinski definition) is 3. The van der Waals surface area contributed by atoms with Gasteiger partial charge >= 0.3 is 0 Å². The maximum absolute atomic E-state index is 12.7. The van der Waals surface area contributed by atoms with Crippen LogP contribution in [0.1, 0.15) is 41.7 Å². The molecule has 1 unspecified atom stereocenters. The molecule has 4 N–H and O–H groups in total. The highest BCUT2D eigenvalue weighted by Crippen LogP contribution is 2.28. The van der Waals surface area contributed by atoms with E-state index >= 15 is 0 Å². The van der Waals surface area contributed by atoms with Crippen molar-refractivity contribution in [1.82, 2.24) is 9.97 Å². The van der Waals surface area contributed by atoms with E-state index in [4.69, 9.17) is 5.73 Å². The number of benzene rings is 1. The molecule has 0 radical (unpaired) electrons. The summed E-state index contributed by atoms with van der Waals surface area (Å²) >= 11 is 1.35. The Bertz CT molecular complexity index is 901. The predicted octanol–water partition coefficient (Wildman–Crippen LogP) is 3.76. The second-order valence-corrected chi connectivity index (χ2v) is 6.80. The van der Waals surface area contributed by atoms with Crippen molar-refractivity contribution in [3.05, 3.63) is 59.2 Å². The number of nitrogens with two attached hydrogens (primary N) is 1. The van der Waals surface area contributed by atoms with Crippen molar-refractivity contribution in [1.29, 1.82) is 0 Å². The van der Waals surface area contributed by atoms with Crippen molar-refractivity contribution in [2.24, 2.45) is 5.73 Å². The van der Waals surface area contributed by atoms with Crippen molar-refractivity contribution >= 4 is 28.3 Å². The van der Waals surface area contributed by atoms with E-state index in [-0.39, 0.29) is 11.8 Å². The number of thiazole rings is 1. The van der Waals surface area contributed by atoms with Crippen molar-refractivity contribution < 1.29 is 9.59 Å². The molecule has 0 fully saturated rings. The van der Waals surface area contributed by atoms with E-state index in [1.54, 1.807) is 12.3 Å². The van der Waals surface area contributed by atoms with Gasteiger partial charge in [-0.25, -0.2) is 4.98 Å². The normalized spacial score (nSPS) is 11.9. The Morgan fingerprint density at radius 2 is 2.08 bits per heavy atom. The highest BCUT2D eigenvalue weighted by molar-refractivity contribution is 7.14. The van der Waals surface area contributed by atoms with E-state index in [0.29, 0.717) is 16.5 Å². The number of anilines is 1. The minimum atomic E-state index is -0.523. The first kappa shape index (κ1) is 17.9. The van der Waals surface area contributed by atoms with Gasteiger partial charge in [0.2, 0.25) is 5.91 Å². The van der Waals surface area contributed by atoms with Crippen LogP contribution in [-0.4, -0.2) is 21.8 Å². The molecule has 2 heterocycles. The molecule has 0 saturated heterocycles. The Morgan fingerprint density at radius 1 is 1.31 bits per heavy atom. The van der Waals surface area contributed by atoms with E-state index in [1.807, 2.05) is 35.7 Å². The molecule has 0 aliphatic rings. The van der Waals surface area contributed by atoms with Gasteiger partial charge in [-0.3, -0.25) is 9.59 Å². The fourth-order valence-corrected chi connectivity index (χ4v) is 3.49. The SMILES string of the molecule is CCCC(C(=O)Nc1nc(-c2c[nH]c(C(N)=O)c2)cs1)c1ccccc1. The quantitative estimate of drug-likeness (QED) is 0.592. The number of carbonyl (C=O) groups is 2. The molecule has 6 nitrogen and oxygen atoms in total. The summed E-state index contributed by atoms with van der Waals surface area (Å²) < 4.78 is 0. The second-order valence-electron chi connectivity index (χ2n) is 5.95. The molecule has 0 aliphatic heterocycles. The van der Waals surface area contributed by atoms with E-state index in [1.165, 1.54) is 11.3 Å². The van der Waals surface area contributed by atoms with Crippen LogP contribution in [0.15, 0.2) is 48.0 Å². The molecule has 3 rings (SSSR count). The summed E-state index contributed by atoms with van der Waals surface area (Å²) in [6.45, 7) is 2.06. The zero-order chi connectivity index (χ0) is 18.5. The average molecular weight is 368 g/mol. The van der Waals surface area contributed by atoms with Crippen LogP contribution < -0.4 is 11.1 Å². The Balaban J connectivity index is 1.74. The molecule has 0 bridgehead atoms. The maximum atomic E-state index is 12.7. The lowest BCUT2D eigenvalue weighted by Crippen LogP contribution is -2.21. The van der Waals surface area contributed by atoms with Crippen LogP contribution >= 0.6 is 11.3 Å². The van der Waals surface area contributed by atoms with Gasteiger partial charge in [0, 0.05) is 17.1 Å². The van der Waals surface area contributed by atoms with Crippen LogP contribution in [0.3, 0.4) is 0 Å². The molecule has 1 aromatic carbocycles. The minimum Gasteiger partial charge on any atom is -0.364 e. The number of aromatic amines is 1. The molecule has 0 aliphatic carbocycles. The van der Waals surface area contributed by atoms with Gasteiger partial charge in [-0.1, -0.05) is 43.7 Å². The maximum Gasteiger partial charge on any atom is 0.265 e. The van der Waals surface area contributed by atoms with Crippen LogP contribution in [0, 0.1) is 0 Å². The standard InChI is InChI=1S/C19H20N4O2S/c1-2-6-14(12-7-4-3-5-8-12)18(25)23-19-22-16(11-26-19)13-9-15(17(20)24)21-10-13/h3-5,7-11,14,21H,2,6H2,1H3,(H2,20,24)(H,22,23,25). The fourth-order valence-electron chi connectivity index (χ4n) is 2.76. The third-order valence-electron chi connectivity index (χ3n) is 4.07. The van der Waals surface area contributed by atoms with Gasteiger partial charge in [-0.05, 0) is 18.1 Å². The number of nitrogens with zero attached hydrogens (tertiary/aromatic N) is 1. The van der Waals surface area contributed by atoms with Crippen LogP contribution in [-0.2, 0) is 4.79 Å². The smallest absolute Gasteiger partial charge is 0.265 e. The van der Waals surface area contributed by atoms with Gasteiger partial charge in [0.15, 0.2) is 5.13 Å². The van der Waals surface area contributed by atoms with E-state index in [9.17, 15) is 9.59 Å². The third-order valence-corrected chi connectivity index (χ3v) is 4.83. The Kier molecular flexibility index (Phi) is 5.48. The number of rotatable bonds is 7. The number of hydrogen-bond acceptors (Lipinski definition) is 4. The van der Waals surface area contributed by atoms with Crippen molar-refractivity contribution in [3.8, 4) is 11.3 Å². The van der Waals surface area contributed by atoms with Crippen LogP contribution in [0.2, 0.25) is 0 Å². The number of nitrogens with one attached hydrogen (secondary N) is 2. The summed E-state index contributed by atoms with van der Waals surface area (Å²) in [6.07, 6.45) is 3.35. The van der Waals surface area contributed by atoms with Crippen molar-refractivity contribution in [3.63, 3.8) is 0 Å². The molecule has 7 heteroatoms. The van der Waals surface area contributed by atoms with Crippen LogP contribution in [0.25, 0.3) is 11.3 Å². The lowest BCUT2D eigenvalue weighted by molar-refractivity contribution is -0.117. The average Bonchev–Trinajstić information content (AvgIpc) is 3.29. The van der Waals surface area contributed by atoms with Gasteiger partial charge in [0.25, 0.3) is 5.91 Å². The first-order valence-corrected chi connectivity index (χ1v) is 9.26. The zero-order valence-electron chi connectivity index (χ0n) is 14.4. The third kappa shape index (κ3) is 4.00. The summed E-state index contributed by atoms with van der Waals surface area (Å²) in [6, 6.07) is 11.4. The number of carbonyl (C=O) groups excluding carboxylic acids is 2. The number of aromatic nitrogens is 2. The lowest BCUT2D eigenvalue weighted by atomic mass is 9.94. The number of primary amides is 1. The van der Waals surface area contributed by atoms with Gasteiger partial charge in [-0.2, -0.15) is 0 Å². The summed E-state index contributed by atoms with van der Waals surface area (Å²) in [7, 11) is 0. The monoisotopic (exact) mass is 368 g/mol. The Hall–Kier alpha value is -2.93. The molecular formula is C19H20N4O2S. The molecular weight excluding hydrogens is 348 g/mol. The first-order valence-electron chi connectivity index (χ1n) is 8.38. The fraction of sp³-hybridized carbons (Fsp3) is 0.211. The second kappa shape index (κ2) is 7.97. The summed E-state index contributed by atoms with van der Waals surface area (Å²) in [4.78, 5) is 31.2. The van der Waals surface area contributed by atoms with Gasteiger partial charge < -0.3 is 16.0 Å². The van der Waals surface area contributed by atoms with Crippen LogP contribution in [0.5, 0.6) is 0 Å². The van der Waals surface area contributed by atoms with E-state index in [2.05, 4.69) is 22.2 Å². The van der Waals surface area contributed by atoms with E-state index in [0.717, 1.165) is 24.0 Å². The van der Waals surface area contributed by atoms with E-state index < -0.39 is 5.91 Å². The molecule has 0 spiro atoms.